The first-order valence-electron chi connectivity index (χ1n) is 10.8. The van der Waals surface area contributed by atoms with E-state index in [9.17, 15) is 19.7 Å². The van der Waals surface area contributed by atoms with Gasteiger partial charge in [0.2, 0.25) is 0 Å². The van der Waals surface area contributed by atoms with Crippen LogP contribution in [0.2, 0.25) is 0 Å². The van der Waals surface area contributed by atoms with E-state index in [1.54, 1.807) is 18.2 Å². The number of anilines is 2. The summed E-state index contributed by atoms with van der Waals surface area (Å²) in [5.41, 5.74) is 0.466. The van der Waals surface area contributed by atoms with Crippen LogP contribution in [0.25, 0.3) is 10.1 Å². The van der Waals surface area contributed by atoms with Crippen molar-refractivity contribution in [3.63, 3.8) is 0 Å². The lowest BCUT2D eigenvalue weighted by molar-refractivity contribution is -0.383. The summed E-state index contributed by atoms with van der Waals surface area (Å²) in [7, 11) is 0. The molecule has 2 aromatic carbocycles. The van der Waals surface area contributed by atoms with E-state index in [1.165, 1.54) is 29.5 Å². The quantitative estimate of drug-likeness (QED) is 0.384. The molecule has 3 aliphatic rings. The van der Waals surface area contributed by atoms with Gasteiger partial charge in [0.15, 0.2) is 0 Å². The summed E-state index contributed by atoms with van der Waals surface area (Å²) in [6, 6.07) is 12.8. The zero-order valence-electron chi connectivity index (χ0n) is 17.7. The van der Waals surface area contributed by atoms with Gasteiger partial charge in [-0.2, -0.15) is 0 Å². The summed E-state index contributed by atoms with van der Waals surface area (Å²) in [6.45, 7) is 3.17. The van der Waals surface area contributed by atoms with Gasteiger partial charge >= 0.3 is 6.03 Å². The van der Waals surface area contributed by atoms with E-state index in [1.807, 2.05) is 12.1 Å². The maximum Gasteiger partial charge on any atom is 0.323 e. The van der Waals surface area contributed by atoms with Crippen LogP contribution >= 0.6 is 11.3 Å². The Hall–Kier alpha value is -3.50. The van der Waals surface area contributed by atoms with Crippen molar-refractivity contribution >= 4 is 50.4 Å². The van der Waals surface area contributed by atoms with Gasteiger partial charge in [-0.1, -0.05) is 18.2 Å². The largest absolute Gasteiger partial charge is 0.347 e. The number of nitro groups is 1. The van der Waals surface area contributed by atoms with Crippen LogP contribution < -0.4 is 16.0 Å². The van der Waals surface area contributed by atoms with Crippen LogP contribution in [0.4, 0.5) is 21.9 Å². The molecule has 0 aliphatic carbocycles. The van der Waals surface area contributed by atoms with Gasteiger partial charge in [0.1, 0.15) is 5.69 Å². The minimum absolute atomic E-state index is 0.0569. The van der Waals surface area contributed by atoms with Crippen LogP contribution in [0.15, 0.2) is 48.5 Å². The van der Waals surface area contributed by atoms with Gasteiger partial charge in [-0.25, -0.2) is 4.79 Å². The zero-order chi connectivity index (χ0) is 22.9. The molecule has 3 N–H and O–H groups in total. The highest BCUT2D eigenvalue weighted by molar-refractivity contribution is 7.20. The molecule has 2 bridgehead atoms. The number of amides is 3. The van der Waals surface area contributed by atoms with Crippen LogP contribution in [0.5, 0.6) is 0 Å². The van der Waals surface area contributed by atoms with Crippen molar-refractivity contribution in [1.29, 1.82) is 0 Å². The number of hydrogen-bond acceptors (Lipinski definition) is 6. The summed E-state index contributed by atoms with van der Waals surface area (Å²) >= 11 is 1.38. The van der Waals surface area contributed by atoms with Gasteiger partial charge in [0.25, 0.3) is 11.6 Å². The number of nitrogens with one attached hydrogen (secondary N) is 3. The number of nitro benzene ring substituents is 1. The van der Waals surface area contributed by atoms with Crippen LogP contribution in [-0.2, 0) is 0 Å². The number of piperidine rings is 3. The second kappa shape index (κ2) is 8.80. The Bertz CT molecular complexity index is 1230. The maximum absolute atomic E-state index is 12.9. The highest BCUT2D eigenvalue weighted by atomic mass is 32.1. The van der Waals surface area contributed by atoms with Crippen molar-refractivity contribution in [1.82, 2.24) is 10.2 Å². The number of benzene rings is 2. The Labute approximate surface area is 193 Å². The van der Waals surface area contributed by atoms with Gasteiger partial charge in [-0.05, 0) is 61.5 Å². The van der Waals surface area contributed by atoms with Gasteiger partial charge in [0, 0.05) is 29.0 Å². The van der Waals surface area contributed by atoms with Gasteiger partial charge in [-0.3, -0.25) is 14.9 Å². The predicted molar refractivity (Wildman–Crippen MR) is 128 cm³/mol. The fourth-order valence-corrected chi connectivity index (χ4v) is 5.62. The van der Waals surface area contributed by atoms with Crippen molar-refractivity contribution in [2.24, 2.45) is 5.92 Å². The number of carbonyl (C=O) groups is 2. The third-order valence-corrected chi connectivity index (χ3v) is 7.42. The fraction of sp³-hybridized carbons (Fsp3) is 0.304. The lowest BCUT2D eigenvalue weighted by atomic mass is 9.84. The Morgan fingerprint density at radius 2 is 1.85 bits per heavy atom. The van der Waals surface area contributed by atoms with Crippen LogP contribution in [0.3, 0.4) is 0 Å². The second-order valence-corrected chi connectivity index (χ2v) is 9.52. The molecule has 4 heterocycles. The molecule has 1 aromatic heterocycles. The number of thiophene rings is 1. The minimum atomic E-state index is -0.583. The van der Waals surface area contributed by atoms with E-state index < -0.39 is 11.0 Å². The normalized spacial score (nSPS) is 21.5. The summed E-state index contributed by atoms with van der Waals surface area (Å²) < 4.78 is 0.873. The summed E-state index contributed by atoms with van der Waals surface area (Å²) in [4.78, 5) is 38.9. The van der Waals surface area contributed by atoms with Crippen molar-refractivity contribution in [2.75, 3.05) is 30.3 Å². The first kappa shape index (κ1) is 21.4. The number of fused-ring (bicyclic) bond motifs is 4. The minimum Gasteiger partial charge on any atom is -0.347 e. The number of rotatable bonds is 5. The summed E-state index contributed by atoms with van der Waals surface area (Å²) in [5.74, 6) is 0.502. The zero-order valence-corrected chi connectivity index (χ0v) is 18.6. The highest BCUT2D eigenvalue weighted by Gasteiger charge is 2.35. The standard InChI is InChI=1S/C23H23N5O4S/c29-22(25-18-13-27-9-7-14(18)8-10-27)21-11-15-5-6-16(12-20(15)33-21)24-23(30)26-17-3-1-2-4-19(17)28(31)32/h1-6,11-12,14,18H,7-10,13H2,(H,25,29)(H2,24,26,30)/t18-/m0/s1. The van der Waals surface area contributed by atoms with E-state index >= 15 is 0 Å². The van der Waals surface area contributed by atoms with Crippen molar-refractivity contribution in [3.8, 4) is 0 Å². The molecule has 6 rings (SSSR count). The Balaban J connectivity index is 1.26. The molecule has 170 valence electrons. The molecule has 0 spiro atoms. The monoisotopic (exact) mass is 465 g/mol. The highest BCUT2D eigenvalue weighted by Crippen LogP contribution is 2.31. The maximum atomic E-state index is 12.9. The van der Waals surface area contributed by atoms with Crippen molar-refractivity contribution in [2.45, 2.75) is 18.9 Å². The number of hydrogen-bond donors (Lipinski definition) is 3. The number of para-hydroxylation sites is 2. The molecule has 0 unspecified atom stereocenters. The predicted octanol–water partition coefficient (Wildman–Crippen LogP) is 4.28. The molecule has 33 heavy (non-hydrogen) atoms. The van der Waals surface area contributed by atoms with Crippen molar-refractivity contribution < 1.29 is 14.5 Å². The van der Waals surface area contributed by atoms with Crippen LogP contribution in [0, 0.1) is 16.0 Å². The Kier molecular flexibility index (Phi) is 5.69. The molecule has 0 radical (unpaired) electrons. The number of urea groups is 1. The van der Waals surface area contributed by atoms with E-state index in [0.717, 1.165) is 42.6 Å². The summed E-state index contributed by atoms with van der Waals surface area (Å²) in [6.07, 6.45) is 2.28. The number of nitrogens with zero attached hydrogens (tertiary/aromatic N) is 2. The molecule has 3 aliphatic heterocycles. The average Bonchev–Trinajstić information content (AvgIpc) is 3.24. The lowest BCUT2D eigenvalue weighted by Gasteiger charge is -2.44. The van der Waals surface area contributed by atoms with Crippen LogP contribution in [-0.4, -0.2) is 47.4 Å². The summed E-state index contributed by atoms with van der Waals surface area (Å²) in [5, 5.41) is 20.5. The second-order valence-electron chi connectivity index (χ2n) is 8.43. The molecular weight excluding hydrogens is 442 g/mol. The molecule has 1 atom stereocenters. The number of carbonyl (C=O) groups excluding carboxylic acids is 2. The Morgan fingerprint density at radius 1 is 1.06 bits per heavy atom. The van der Waals surface area contributed by atoms with Gasteiger partial charge < -0.3 is 20.9 Å². The lowest BCUT2D eigenvalue weighted by Crippen LogP contribution is -2.57. The molecular formula is C23H23N5O4S. The first-order valence-corrected chi connectivity index (χ1v) is 11.7. The topological polar surface area (TPSA) is 117 Å². The van der Waals surface area contributed by atoms with Crippen LogP contribution in [0.1, 0.15) is 22.5 Å². The SMILES string of the molecule is O=C(Nc1ccc2cc(C(=O)N[C@H]3CN4CCC3CC4)sc2c1)Nc1ccccc1[N+](=O)[O-]. The van der Waals surface area contributed by atoms with E-state index in [0.29, 0.717) is 16.5 Å². The van der Waals surface area contributed by atoms with Gasteiger partial charge in [-0.15, -0.1) is 11.3 Å². The fourth-order valence-electron chi connectivity index (χ4n) is 4.61. The van der Waals surface area contributed by atoms with E-state index in [2.05, 4.69) is 20.9 Å². The van der Waals surface area contributed by atoms with Gasteiger partial charge in [0.05, 0.1) is 9.80 Å². The average molecular weight is 466 g/mol. The third-order valence-electron chi connectivity index (χ3n) is 6.32. The third kappa shape index (κ3) is 4.53. The molecule has 9 nitrogen and oxygen atoms in total. The molecule has 3 fully saturated rings. The molecule has 3 amide bonds. The molecule has 10 heteroatoms. The smallest absolute Gasteiger partial charge is 0.323 e. The molecule has 3 aromatic rings. The molecule has 0 saturated carbocycles. The van der Waals surface area contributed by atoms with E-state index in [-0.39, 0.29) is 23.3 Å². The van der Waals surface area contributed by atoms with E-state index in [4.69, 9.17) is 0 Å². The first-order chi connectivity index (χ1) is 16.0. The Morgan fingerprint density at radius 3 is 2.58 bits per heavy atom. The molecule has 3 saturated heterocycles. The van der Waals surface area contributed by atoms with Crippen molar-refractivity contribution in [3.05, 3.63) is 63.5 Å².